The van der Waals surface area contributed by atoms with Crippen LogP contribution in [0.5, 0.6) is 0 Å². The summed E-state index contributed by atoms with van der Waals surface area (Å²) in [5.41, 5.74) is 0.607. The summed E-state index contributed by atoms with van der Waals surface area (Å²) < 4.78 is 47.1. The van der Waals surface area contributed by atoms with Gasteiger partial charge in [0.1, 0.15) is 0 Å². The first-order valence-electron chi connectivity index (χ1n) is 7.40. The van der Waals surface area contributed by atoms with Gasteiger partial charge in [-0.3, -0.25) is 4.79 Å². The van der Waals surface area contributed by atoms with E-state index in [9.17, 15) is 22.0 Å². The highest BCUT2D eigenvalue weighted by atomic mass is 35.5. The van der Waals surface area contributed by atoms with Crippen molar-refractivity contribution >= 4 is 28.2 Å². The van der Waals surface area contributed by atoms with E-state index in [2.05, 4.69) is 17.6 Å². The number of benzene rings is 1. The first kappa shape index (κ1) is 20.8. The second-order valence-electron chi connectivity index (χ2n) is 5.81. The summed E-state index contributed by atoms with van der Waals surface area (Å²) in [5, 5.41) is 6.15. The van der Waals surface area contributed by atoms with Crippen LogP contribution in [-0.2, 0) is 15.6 Å². The molecule has 1 saturated heterocycles. The van der Waals surface area contributed by atoms with Crippen LogP contribution >= 0.6 is 12.4 Å². The van der Waals surface area contributed by atoms with Crippen molar-refractivity contribution in [1.82, 2.24) is 10.6 Å². The van der Waals surface area contributed by atoms with E-state index in [0.29, 0.717) is 18.0 Å². The molecular weight excluding hydrogens is 362 g/mol. The third-order valence-corrected chi connectivity index (χ3v) is 5.28. The summed E-state index contributed by atoms with van der Waals surface area (Å²) >= 11 is 0. The predicted molar refractivity (Wildman–Crippen MR) is 90.2 cm³/mol. The van der Waals surface area contributed by atoms with E-state index in [-0.39, 0.29) is 29.9 Å². The van der Waals surface area contributed by atoms with Gasteiger partial charge in [-0.2, -0.15) is 8.78 Å². The number of carbonyl (C=O) groups is 1. The van der Waals surface area contributed by atoms with Gasteiger partial charge in [0.15, 0.2) is 0 Å². The molecule has 1 aliphatic rings. The fraction of sp³-hybridized carbons (Fsp3) is 0.533. The van der Waals surface area contributed by atoms with Crippen LogP contribution in [0.4, 0.5) is 8.78 Å². The second-order valence-corrected chi connectivity index (χ2v) is 7.79. The number of amides is 1. The average Bonchev–Trinajstić information content (AvgIpc) is 2.49. The van der Waals surface area contributed by atoms with Crippen LogP contribution in [0.15, 0.2) is 24.3 Å². The van der Waals surface area contributed by atoms with E-state index in [1.54, 1.807) is 0 Å². The molecular formula is C15H21ClF2N2O3S. The Hall–Kier alpha value is -1.25. The minimum Gasteiger partial charge on any atom is -0.348 e. The highest BCUT2D eigenvalue weighted by Crippen LogP contribution is 2.15. The third kappa shape index (κ3) is 5.39. The second kappa shape index (κ2) is 8.73. The number of hydrogen-bond acceptors (Lipinski definition) is 4. The van der Waals surface area contributed by atoms with Crippen molar-refractivity contribution in [3.05, 3.63) is 35.4 Å². The van der Waals surface area contributed by atoms with Crippen LogP contribution in [0.25, 0.3) is 0 Å². The van der Waals surface area contributed by atoms with Crippen LogP contribution in [0, 0.1) is 5.92 Å². The van der Waals surface area contributed by atoms with Crippen molar-refractivity contribution in [2.45, 2.75) is 30.9 Å². The Bertz CT molecular complexity index is 653. The van der Waals surface area contributed by atoms with Crippen LogP contribution in [0.3, 0.4) is 0 Å². The largest absolute Gasteiger partial charge is 0.348 e. The van der Waals surface area contributed by atoms with Gasteiger partial charge in [-0.1, -0.05) is 19.1 Å². The van der Waals surface area contributed by atoms with Gasteiger partial charge in [-0.25, -0.2) is 8.42 Å². The molecule has 136 valence electrons. The van der Waals surface area contributed by atoms with Crippen molar-refractivity contribution in [3.63, 3.8) is 0 Å². The minimum atomic E-state index is -4.46. The maximum absolute atomic E-state index is 12.3. The molecule has 2 rings (SSSR count). The smallest absolute Gasteiger partial charge is 0.337 e. The molecule has 1 heterocycles. The summed E-state index contributed by atoms with van der Waals surface area (Å²) in [7, 11) is -4.46. The van der Waals surface area contributed by atoms with Gasteiger partial charge in [0.2, 0.25) is 9.84 Å². The molecule has 0 radical (unpaired) electrons. The van der Waals surface area contributed by atoms with E-state index in [0.717, 1.165) is 13.0 Å². The molecule has 5 nitrogen and oxygen atoms in total. The monoisotopic (exact) mass is 382 g/mol. The number of nitrogens with one attached hydrogen (secondary N) is 2. The van der Waals surface area contributed by atoms with Gasteiger partial charge in [0.25, 0.3) is 5.91 Å². The molecule has 9 heteroatoms. The summed E-state index contributed by atoms with van der Waals surface area (Å²) in [6, 6.07) is 5.71. The molecule has 1 fully saturated rings. The van der Waals surface area contributed by atoms with E-state index in [1.165, 1.54) is 24.3 Å². The number of halogens is 3. The van der Waals surface area contributed by atoms with E-state index < -0.39 is 21.3 Å². The highest BCUT2D eigenvalue weighted by molar-refractivity contribution is 7.90. The van der Waals surface area contributed by atoms with E-state index >= 15 is 0 Å². The van der Waals surface area contributed by atoms with E-state index in [1.807, 2.05) is 0 Å². The molecule has 1 aromatic rings. The molecule has 2 atom stereocenters. The molecule has 0 aliphatic carbocycles. The molecule has 0 spiro atoms. The van der Waals surface area contributed by atoms with Gasteiger partial charge < -0.3 is 10.6 Å². The third-order valence-electron chi connectivity index (χ3n) is 4.00. The fourth-order valence-corrected chi connectivity index (χ4v) is 3.27. The quantitative estimate of drug-likeness (QED) is 0.816. The summed E-state index contributed by atoms with van der Waals surface area (Å²) in [6.07, 6.45) is 0.982. The van der Waals surface area contributed by atoms with E-state index in [4.69, 9.17) is 0 Å². The van der Waals surface area contributed by atoms with Crippen molar-refractivity contribution in [2.24, 2.45) is 5.92 Å². The topological polar surface area (TPSA) is 75.3 Å². The first-order valence-corrected chi connectivity index (χ1v) is 9.11. The molecule has 2 unspecified atom stereocenters. The Morgan fingerprint density at radius 1 is 1.33 bits per heavy atom. The Labute approximate surface area is 146 Å². The predicted octanol–water partition coefficient (Wildman–Crippen LogP) is 1.97. The van der Waals surface area contributed by atoms with Gasteiger partial charge in [-0.05, 0) is 36.6 Å². The summed E-state index contributed by atoms with van der Waals surface area (Å²) in [6.45, 7) is 3.71. The van der Waals surface area contributed by atoms with Crippen molar-refractivity contribution in [2.75, 3.05) is 13.1 Å². The Balaban J connectivity index is 0.00000288. The Kier molecular flexibility index (Phi) is 7.56. The van der Waals surface area contributed by atoms with Crippen molar-refractivity contribution < 1.29 is 22.0 Å². The normalized spacial score (nSPS) is 21.2. The van der Waals surface area contributed by atoms with Crippen LogP contribution in [0.2, 0.25) is 0 Å². The number of piperidine rings is 1. The van der Waals surface area contributed by atoms with Crippen LogP contribution in [-0.4, -0.2) is 39.2 Å². The molecule has 0 bridgehead atoms. The van der Waals surface area contributed by atoms with Crippen molar-refractivity contribution in [3.8, 4) is 0 Å². The first-order chi connectivity index (χ1) is 10.8. The standard InChI is InChI=1S/C15H20F2N2O3S.ClH/c1-10-6-7-18-8-13(10)19-14(20)12-4-2-11(3-5-12)9-23(21,22)15(16)17;/h2-5,10,13,15,18H,6-9H2,1H3,(H,19,20);1H. The maximum atomic E-state index is 12.3. The number of hydrogen-bond donors (Lipinski definition) is 2. The average molecular weight is 383 g/mol. The SMILES string of the molecule is CC1CCNCC1NC(=O)c1ccc(CS(=O)(=O)C(F)F)cc1.Cl. The minimum absolute atomic E-state index is 0. The lowest BCUT2D eigenvalue weighted by Gasteiger charge is -2.30. The van der Waals surface area contributed by atoms with Gasteiger partial charge in [0.05, 0.1) is 5.75 Å². The summed E-state index contributed by atoms with van der Waals surface area (Å²) in [4.78, 5) is 12.2. The lowest BCUT2D eigenvalue weighted by atomic mass is 9.94. The molecule has 1 aliphatic heterocycles. The maximum Gasteiger partial charge on any atom is 0.337 e. The van der Waals surface area contributed by atoms with Crippen molar-refractivity contribution in [1.29, 1.82) is 0 Å². The Morgan fingerprint density at radius 2 is 1.96 bits per heavy atom. The Morgan fingerprint density at radius 3 is 2.50 bits per heavy atom. The lowest BCUT2D eigenvalue weighted by molar-refractivity contribution is 0.0915. The zero-order valence-electron chi connectivity index (χ0n) is 13.2. The molecule has 0 saturated carbocycles. The molecule has 1 amide bonds. The van der Waals surface area contributed by atoms with Gasteiger partial charge >= 0.3 is 5.76 Å². The lowest BCUT2D eigenvalue weighted by Crippen LogP contribution is -2.50. The van der Waals surface area contributed by atoms with Crippen LogP contribution < -0.4 is 10.6 Å². The molecule has 1 aromatic carbocycles. The number of sulfone groups is 1. The molecule has 2 N–H and O–H groups in total. The molecule has 24 heavy (non-hydrogen) atoms. The zero-order valence-corrected chi connectivity index (χ0v) is 14.8. The number of rotatable bonds is 5. The summed E-state index contributed by atoms with van der Waals surface area (Å²) in [5.74, 6) is -4.02. The number of alkyl halides is 2. The number of carbonyl (C=O) groups excluding carboxylic acids is 1. The molecule has 0 aromatic heterocycles. The van der Waals surface area contributed by atoms with Gasteiger partial charge in [-0.15, -0.1) is 12.4 Å². The van der Waals surface area contributed by atoms with Crippen LogP contribution in [0.1, 0.15) is 29.3 Å². The fourth-order valence-electron chi connectivity index (χ4n) is 2.48. The highest BCUT2D eigenvalue weighted by Gasteiger charge is 2.25. The zero-order chi connectivity index (χ0) is 17.0. The van der Waals surface area contributed by atoms with Gasteiger partial charge in [0, 0.05) is 18.2 Å².